The first kappa shape index (κ1) is 28.3. The standard InChI is InChI=1S/C27H31ClN4O4S/c1-3-31-37(35,36)25-11-6-21(7-12-25)8-13-26(33)32(19-23-4-9-24(28)10-5-23)20(2)27(34)30-18-22-14-16-29-17-15-22/h4-7,9-12,14-17,20,31H,3,8,13,18-19H2,1-2H3,(H,30,34)/t20-/m1/s1. The highest BCUT2D eigenvalue weighted by atomic mass is 35.5. The Morgan fingerprint density at radius 3 is 2.19 bits per heavy atom. The van der Waals surface area contributed by atoms with E-state index in [2.05, 4.69) is 15.0 Å². The first-order valence-electron chi connectivity index (χ1n) is 12.0. The number of pyridine rings is 1. The van der Waals surface area contributed by atoms with Gasteiger partial charge in [0.05, 0.1) is 4.90 Å². The van der Waals surface area contributed by atoms with Gasteiger partial charge >= 0.3 is 0 Å². The molecule has 0 radical (unpaired) electrons. The molecule has 196 valence electrons. The minimum atomic E-state index is -3.54. The van der Waals surface area contributed by atoms with E-state index < -0.39 is 16.1 Å². The van der Waals surface area contributed by atoms with Crippen LogP contribution >= 0.6 is 11.6 Å². The monoisotopic (exact) mass is 542 g/mol. The third-order valence-corrected chi connectivity index (χ3v) is 7.66. The molecule has 8 nitrogen and oxygen atoms in total. The maximum absolute atomic E-state index is 13.3. The van der Waals surface area contributed by atoms with Crippen molar-refractivity contribution in [1.29, 1.82) is 0 Å². The molecule has 3 rings (SSSR count). The average molecular weight is 543 g/mol. The highest BCUT2D eigenvalue weighted by Crippen LogP contribution is 2.17. The number of hydrogen-bond acceptors (Lipinski definition) is 5. The summed E-state index contributed by atoms with van der Waals surface area (Å²) in [6.07, 6.45) is 3.88. The Labute approximate surface area is 223 Å². The lowest BCUT2D eigenvalue weighted by molar-refractivity contribution is -0.140. The average Bonchev–Trinajstić information content (AvgIpc) is 2.90. The Kier molecular flexibility index (Phi) is 10.2. The van der Waals surface area contributed by atoms with Gasteiger partial charge in [-0.15, -0.1) is 0 Å². The van der Waals surface area contributed by atoms with E-state index in [1.54, 1.807) is 55.4 Å². The molecule has 10 heteroatoms. The highest BCUT2D eigenvalue weighted by Gasteiger charge is 2.26. The number of halogens is 1. The lowest BCUT2D eigenvalue weighted by Crippen LogP contribution is -2.47. The summed E-state index contributed by atoms with van der Waals surface area (Å²) >= 11 is 6.01. The third kappa shape index (κ3) is 8.38. The van der Waals surface area contributed by atoms with E-state index in [4.69, 9.17) is 11.6 Å². The zero-order valence-corrected chi connectivity index (χ0v) is 22.4. The number of nitrogens with one attached hydrogen (secondary N) is 2. The first-order chi connectivity index (χ1) is 17.7. The molecule has 2 aromatic carbocycles. The van der Waals surface area contributed by atoms with E-state index >= 15 is 0 Å². The first-order valence-corrected chi connectivity index (χ1v) is 13.8. The van der Waals surface area contributed by atoms with Gasteiger partial charge in [0, 0.05) is 43.5 Å². The van der Waals surface area contributed by atoms with Crippen LogP contribution in [0.5, 0.6) is 0 Å². The number of aryl methyl sites for hydroxylation is 1. The molecule has 1 heterocycles. The number of amides is 2. The Bertz CT molecular complexity index is 1280. The maximum Gasteiger partial charge on any atom is 0.242 e. The summed E-state index contributed by atoms with van der Waals surface area (Å²) in [5, 5.41) is 3.48. The third-order valence-electron chi connectivity index (χ3n) is 5.85. The second-order valence-electron chi connectivity index (χ2n) is 8.54. The van der Waals surface area contributed by atoms with Crippen LogP contribution in [0.4, 0.5) is 0 Å². The van der Waals surface area contributed by atoms with Crippen molar-refractivity contribution in [3.8, 4) is 0 Å². The van der Waals surface area contributed by atoms with Crippen molar-refractivity contribution in [1.82, 2.24) is 19.9 Å². The number of aromatic nitrogens is 1. The Morgan fingerprint density at radius 2 is 1.57 bits per heavy atom. The van der Waals surface area contributed by atoms with Gasteiger partial charge in [0.2, 0.25) is 21.8 Å². The van der Waals surface area contributed by atoms with E-state index in [1.807, 2.05) is 24.3 Å². The SMILES string of the molecule is CCNS(=O)(=O)c1ccc(CCC(=O)N(Cc2ccc(Cl)cc2)[C@H](C)C(=O)NCc2ccncc2)cc1. The number of benzene rings is 2. The van der Waals surface area contributed by atoms with Crippen molar-refractivity contribution in [3.05, 3.63) is 94.8 Å². The van der Waals surface area contributed by atoms with Crippen molar-refractivity contribution in [2.24, 2.45) is 0 Å². The molecule has 2 N–H and O–H groups in total. The van der Waals surface area contributed by atoms with Gasteiger partial charge in [0.25, 0.3) is 0 Å². The van der Waals surface area contributed by atoms with Gasteiger partial charge < -0.3 is 10.2 Å². The van der Waals surface area contributed by atoms with Gasteiger partial charge in [-0.1, -0.05) is 42.8 Å². The van der Waals surface area contributed by atoms with Gasteiger partial charge in [0.15, 0.2) is 0 Å². The van der Waals surface area contributed by atoms with Crippen molar-refractivity contribution in [3.63, 3.8) is 0 Å². The molecule has 0 fully saturated rings. The smallest absolute Gasteiger partial charge is 0.242 e. The van der Waals surface area contributed by atoms with Crippen LogP contribution in [0.2, 0.25) is 5.02 Å². The number of carbonyl (C=O) groups is 2. The van der Waals surface area contributed by atoms with Crippen LogP contribution in [0.3, 0.4) is 0 Å². The second kappa shape index (κ2) is 13.3. The summed E-state index contributed by atoms with van der Waals surface area (Å²) in [5.41, 5.74) is 2.58. The van der Waals surface area contributed by atoms with E-state index in [9.17, 15) is 18.0 Å². The number of nitrogens with zero attached hydrogens (tertiary/aromatic N) is 2. The zero-order chi connectivity index (χ0) is 26.8. The van der Waals surface area contributed by atoms with Crippen molar-refractivity contribution in [2.45, 2.75) is 50.7 Å². The van der Waals surface area contributed by atoms with Crippen LogP contribution in [0.1, 0.15) is 37.0 Å². The number of hydrogen-bond donors (Lipinski definition) is 2. The Morgan fingerprint density at radius 1 is 0.946 bits per heavy atom. The molecule has 1 aromatic heterocycles. The molecule has 0 saturated heterocycles. The number of carbonyl (C=O) groups excluding carboxylic acids is 2. The highest BCUT2D eigenvalue weighted by molar-refractivity contribution is 7.89. The van der Waals surface area contributed by atoms with Crippen molar-refractivity contribution < 1.29 is 18.0 Å². The summed E-state index contributed by atoms with van der Waals surface area (Å²) in [4.78, 5) is 32.0. The molecule has 0 unspecified atom stereocenters. The molecule has 1 atom stereocenters. The normalized spacial score (nSPS) is 12.1. The molecule has 0 saturated carbocycles. The van der Waals surface area contributed by atoms with Crippen LogP contribution in [0.25, 0.3) is 0 Å². The molecular formula is C27H31ClN4O4S. The van der Waals surface area contributed by atoms with Crippen LogP contribution in [-0.2, 0) is 39.1 Å². The minimum Gasteiger partial charge on any atom is -0.350 e. The van der Waals surface area contributed by atoms with Crippen molar-refractivity contribution >= 4 is 33.4 Å². The molecule has 0 spiro atoms. The predicted octanol–water partition coefficient (Wildman–Crippen LogP) is 3.70. The molecule has 0 bridgehead atoms. The van der Waals surface area contributed by atoms with Gasteiger partial charge in [-0.3, -0.25) is 14.6 Å². The molecule has 0 aliphatic heterocycles. The van der Waals surface area contributed by atoms with Gasteiger partial charge in [-0.25, -0.2) is 13.1 Å². The van der Waals surface area contributed by atoms with Gasteiger partial charge in [-0.05, 0) is 66.4 Å². The molecule has 3 aromatic rings. The Balaban J connectivity index is 1.69. The van der Waals surface area contributed by atoms with Crippen LogP contribution < -0.4 is 10.0 Å². The van der Waals surface area contributed by atoms with Gasteiger partial charge in [0.1, 0.15) is 6.04 Å². The summed E-state index contributed by atoms with van der Waals surface area (Å²) < 4.78 is 26.8. The largest absolute Gasteiger partial charge is 0.350 e. The topological polar surface area (TPSA) is 108 Å². The number of sulfonamides is 1. The molecule has 0 aliphatic rings. The molecule has 0 aliphatic carbocycles. The summed E-state index contributed by atoms with van der Waals surface area (Å²) in [5.74, 6) is -0.456. The molecule has 2 amide bonds. The van der Waals surface area contributed by atoms with E-state index in [-0.39, 0.29) is 29.7 Å². The Hall–Kier alpha value is -3.27. The van der Waals surface area contributed by atoms with Crippen molar-refractivity contribution in [2.75, 3.05) is 6.54 Å². The summed E-state index contributed by atoms with van der Waals surface area (Å²) in [7, 11) is -3.54. The fourth-order valence-corrected chi connectivity index (χ4v) is 4.88. The van der Waals surface area contributed by atoms with Crippen LogP contribution in [0.15, 0.2) is 78.0 Å². The summed E-state index contributed by atoms with van der Waals surface area (Å²) in [6.45, 7) is 4.30. The van der Waals surface area contributed by atoms with E-state index in [1.165, 1.54) is 12.1 Å². The minimum absolute atomic E-state index is 0.162. The molecular weight excluding hydrogens is 512 g/mol. The fourth-order valence-electron chi connectivity index (χ4n) is 3.71. The van der Waals surface area contributed by atoms with Crippen LogP contribution in [0, 0.1) is 0 Å². The maximum atomic E-state index is 13.3. The quantitative estimate of drug-likeness (QED) is 0.363. The fraction of sp³-hybridized carbons (Fsp3) is 0.296. The van der Waals surface area contributed by atoms with Crippen LogP contribution in [-0.4, -0.2) is 42.7 Å². The second-order valence-corrected chi connectivity index (χ2v) is 10.7. The predicted molar refractivity (Wildman–Crippen MR) is 143 cm³/mol. The van der Waals surface area contributed by atoms with Gasteiger partial charge in [-0.2, -0.15) is 0 Å². The zero-order valence-electron chi connectivity index (χ0n) is 20.9. The van der Waals surface area contributed by atoms with E-state index in [0.717, 1.165) is 16.7 Å². The van der Waals surface area contributed by atoms with E-state index in [0.29, 0.717) is 24.5 Å². The number of rotatable bonds is 12. The lowest BCUT2D eigenvalue weighted by atomic mass is 10.1. The summed E-state index contributed by atoms with van der Waals surface area (Å²) in [6, 6.07) is 16.5. The lowest BCUT2D eigenvalue weighted by Gasteiger charge is -2.29. The molecule has 37 heavy (non-hydrogen) atoms.